The number of carbonyl (C=O) groups is 2. The number of amides is 2. The van der Waals surface area contributed by atoms with Gasteiger partial charge < -0.3 is 14.5 Å². The van der Waals surface area contributed by atoms with Crippen LogP contribution >= 0.6 is 11.6 Å². The summed E-state index contributed by atoms with van der Waals surface area (Å²) in [4.78, 5) is 33.5. The van der Waals surface area contributed by atoms with E-state index >= 15 is 0 Å². The SMILES string of the molecule is CCOC(=O)N1CCN(C(=O)c2cc(-c3ccccc3F)nc3cc(-c4ccc(Cl)cc4)nn23)CC1. The third-order valence-corrected chi connectivity index (χ3v) is 6.28. The number of fused-ring (bicyclic) bond motifs is 1. The largest absolute Gasteiger partial charge is 0.450 e. The van der Waals surface area contributed by atoms with Gasteiger partial charge in [0.1, 0.15) is 11.5 Å². The summed E-state index contributed by atoms with van der Waals surface area (Å²) in [7, 11) is 0. The highest BCUT2D eigenvalue weighted by Crippen LogP contribution is 2.27. The maximum atomic E-state index is 14.6. The Bertz CT molecular complexity index is 1430. The number of hydrogen-bond donors (Lipinski definition) is 0. The van der Waals surface area contributed by atoms with Crippen molar-refractivity contribution in [2.24, 2.45) is 0 Å². The van der Waals surface area contributed by atoms with E-state index in [1.807, 2.05) is 12.1 Å². The molecule has 0 spiro atoms. The molecule has 8 nitrogen and oxygen atoms in total. The van der Waals surface area contributed by atoms with Crippen LogP contribution in [-0.2, 0) is 4.74 Å². The summed E-state index contributed by atoms with van der Waals surface area (Å²) in [6, 6.07) is 16.8. The first kappa shape index (κ1) is 23.7. The summed E-state index contributed by atoms with van der Waals surface area (Å²) in [6.07, 6.45) is -0.391. The van der Waals surface area contributed by atoms with Crippen LogP contribution in [0.4, 0.5) is 9.18 Å². The van der Waals surface area contributed by atoms with Gasteiger partial charge in [0.25, 0.3) is 5.91 Å². The summed E-state index contributed by atoms with van der Waals surface area (Å²) < 4.78 is 21.2. The van der Waals surface area contributed by atoms with E-state index in [4.69, 9.17) is 16.3 Å². The van der Waals surface area contributed by atoms with Crippen molar-refractivity contribution in [3.8, 4) is 22.5 Å². The van der Waals surface area contributed by atoms with Crippen LogP contribution in [0.25, 0.3) is 28.2 Å². The molecule has 4 aromatic rings. The molecule has 0 aliphatic carbocycles. The van der Waals surface area contributed by atoms with Crippen molar-refractivity contribution < 1.29 is 18.7 Å². The topological polar surface area (TPSA) is 80.0 Å². The van der Waals surface area contributed by atoms with Crippen molar-refractivity contribution in [1.29, 1.82) is 0 Å². The van der Waals surface area contributed by atoms with Crippen LogP contribution < -0.4 is 0 Å². The lowest BCUT2D eigenvalue weighted by molar-refractivity contribution is 0.0563. The second-order valence-corrected chi connectivity index (χ2v) is 8.73. The Morgan fingerprint density at radius 1 is 0.972 bits per heavy atom. The fourth-order valence-electron chi connectivity index (χ4n) is 4.16. The van der Waals surface area contributed by atoms with Crippen molar-refractivity contribution in [1.82, 2.24) is 24.4 Å². The van der Waals surface area contributed by atoms with Gasteiger partial charge in [-0.3, -0.25) is 4.79 Å². The Kier molecular flexibility index (Phi) is 6.56. The lowest BCUT2D eigenvalue weighted by atomic mass is 10.1. The van der Waals surface area contributed by atoms with Gasteiger partial charge in [-0.2, -0.15) is 5.10 Å². The zero-order chi connectivity index (χ0) is 25.2. The quantitative estimate of drug-likeness (QED) is 0.397. The minimum Gasteiger partial charge on any atom is -0.450 e. The van der Waals surface area contributed by atoms with E-state index in [9.17, 15) is 14.0 Å². The standard InChI is InChI=1S/C26H23ClFN5O3/c1-2-36-26(35)32-13-11-31(12-14-32)25(34)23-15-22(19-5-3-4-6-20(19)28)29-24-16-21(30-33(23)24)17-7-9-18(27)10-8-17/h3-10,15-16H,2,11-14H2,1H3. The Morgan fingerprint density at radius 2 is 1.67 bits per heavy atom. The smallest absolute Gasteiger partial charge is 0.409 e. The molecule has 2 aromatic heterocycles. The van der Waals surface area contributed by atoms with Crippen LogP contribution in [0.5, 0.6) is 0 Å². The molecule has 0 saturated carbocycles. The van der Waals surface area contributed by atoms with Gasteiger partial charge in [0, 0.05) is 48.4 Å². The first-order chi connectivity index (χ1) is 17.4. The first-order valence-electron chi connectivity index (χ1n) is 11.6. The van der Waals surface area contributed by atoms with Crippen LogP contribution in [0.1, 0.15) is 17.4 Å². The van der Waals surface area contributed by atoms with Gasteiger partial charge in [-0.05, 0) is 37.3 Å². The van der Waals surface area contributed by atoms with Crippen LogP contribution in [0, 0.1) is 5.82 Å². The van der Waals surface area contributed by atoms with E-state index in [0.29, 0.717) is 54.8 Å². The predicted octanol–water partition coefficient (Wildman–Crippen LogP) is 4.77. The molecule has 36 heavy (non-hydrogen) atoms. The maximum absolute atomic E-state index is 14.6. The molecule has 1 aliphatic heterocycles. The van der Waals surface area contributed by atoms with E-state index in [1.54, 1.807) is 59.2 Å². The molecular weight excluding hydrogens is 485 g/mol. The molecule has 1 aliphatic rings. The fourth-order valence-corrected chi connectivity index (χ4v) is 4.29. The zero-order valence-electron chi connectivity index (χ0n) is 19.5. The zero-order valence-corrected chi connectivity index (χ0v) is 20.3. The monoisotopic (exact) mass is 507 g/mol. The Morgan fingerprint density at radius 3 is 2.36 bits per heavy atom. The van der Waals surface area contributed by atoms with E-state index in [1.165, 1.54) is 10.6 Å². The second-order valence-electron chi connectivity index (χ2n) is 8.29. The molecule has 3 heterocycles. The predicted molar refractivity (Wildman–Crippen MR) is 133 cm³/mol. The number of aromatic nitrogens is 3. The fraction of sp³-hybridized carbons (Fsp3) is 0.231. The van der Waals surface area contributed by atoms with Crippen LogP contribution in [0.3, 0.4) is 0 Å². The molecule has 0 N–H and O–H groups in total. The number of carbonyl (C=O) groups excluding carboxylic acids is 2. The van der Waals surface area contributed by atoms with E-state index in [2.05, 4.69) is 10.1 Å². The van der Waals surface area contributed by atoms with Crippen LogP contribution in [0.2, 0.25) is 5.02 Å². The number of nitrogens with zero attached hydrogens (tertiary/aromatic N) is 5. The van der Waals surface area contributed by atoms with Crippen molar-refractivity contribution in [3.63, 3.8) is 0 Å². The summed E-state index contributed by atoms with van der Waals surface area (Å²) in [5.41, 5.74) is 2.69. The number of piperazine rings is 1. The highest BCUT2D eigenvalue weighted by molar-refractivity contribution is 6.30. The van der Waals surface area contributed by atoms with Gasteiger partial charge in [-0.1, -0.05) is 35.9 Å². The van der Waals surface area contributed by atoms with Crippen molar-refractivity contribution in [3.05, 3.63) is 77.2 Å². The highest BCUT2D eigenvalue weighted by atomic mass is 35.5. The molecule has 1 saturated heterocycles. The van der Waals surface area contributed by atoms with Gasteiger partial charge in [-0.25, -0.2) is 18.7 Å². The summed E-state index contributed by atoms with van der Waals surface area (Å²) >= 11 is 6.03. The molecule has 2 aromatic carbocycles. The Labute approximate surface area is 211 Å². The second kappa shape index (κ2) is 9.94. The molecule has 0 unspecified atom stereocenters. The molecule has 2 amide bonds. The molecule has 0 bridgehead atoms. The molecule has 0 radical (unpaired) electrons. The van der Waals surface area contributed by atoms with Gasteiger partial charge in [0.2, 0.25) is 0 Å². The molecule has 1 fully saturated rings. The Hall–Kier alpha value is -3.98. The number of benzene rings is 2. The minimum absolute atomic E-state index is 0.253. The van der Waals surface area contributed by atoms with Gasteiger partial charge >= 0.3 is 6.09 Å². The number of hydrogen-bond acceptors (Lipinski definition) is 5. The number of rotatable bonds is 4. The highest BCUT2D eigenvalue weighted by Gasteiger charge is 2.28. The summed E-state index contributed by atoms with van der Waals surface area (Å²) in [5.74, 6) is -0.720. The Balaban J connectivity index is 1.54. The molecular formula is C26H23ClFN5O3. The van der Waals surface area contributed by atoms with Gasteiger partial charge in [0.15, 0.2) is 5.65 Å². The minimum atomic E-state index is -0.437. The molecule has 10 heteroatoms. The van der Waals surface area contributed by atoms with Crippen molar-refractivity contribution >= 4 is 29.2 Å². The maximum Gasteiger partial charge on any atom is 0.409 e. The average molecular weight is 508 g/mol. The average Bonchev–Trinajstić information content (AvgIpc) is 3.33. The normalized spacial score (nSPS) is 13.8. The van der Waals surface area contributed by atoms with Crippen LogP contribution in [0.15, 0.2) is 60.7 Å². The molecule has 5 rings (SSSR count). The van der Waals surface area contributed by atoms with E-state index < -0.39 is 11.9 Å². The first-order valence-corrected chi connectivity index (χ1v) is 11.9. The lowest BCUT2D eigenvalue weighted by Gasteiger charge is -2.34. The lowest BCUT2D eigenvalue weighted by Crippen LogP contribution is -2.51. The van der Waals surface area contributed by atoms with Crippen molar-refractivity contribution in [2.75, 3.05) is 32.8 Å². The van der Waals surface area contributed by atoms with E-state index in [0.717, 1.165) is 5.56 Å². The van der Waals surface area contributed by atoms with Gasteiger partial charge in [0.05, 0.1) is 18.0 Å². The number of ether oxygens (including phenoxy) is 1. The van der Waals surface area contributed by atoms with Gasteiger partial charge in [-0.15, -0.1) is 0 Å². The summed E-state index contributed by atoms with van der Waals surface area (Å²) in [5, 5.41) is 5.24. The van der Waals surface area contributed by atoms with Crippen molar-refractivity contribution in [2.45, 2.75) is 6.92 Å². The third kappa shape index (κ3) is 4.61. The third-order valence-electron chi connectivity index (χ3n) is 6.03. The summed E-state index contributed by atoms with van der Waals surface area (Å²) in [6.45, 7) is 3.43. The van der Waals surface area contributed by atoms with Crippen LogP contribution in [-0.4, -0.2) is 69.2 Å². The molecule has 184 valence electrons. The van der Waals surface area contributed by atoms with E-state index in [-0.39, 0.29) is 17.2 Å². The molecule has 0 atom stereocenters. The number of halogens is 2.